The summed E-state index contributed by atoms with van der Waals surface area (Å²) in [6.45, 7) is 5.72. The summed E-state index contributed by atoms with van der Waals surface area (Å²) in [6, 6.07) is 5.97. The summed E-state index contributed by atoms with van der Waals surface area (Å²) in [4.78, 5) is 38.5. The highest BCUT2D eigenvalue weighted by molar-refractivity contribution is 6.10. The number of benzene rings is 1. The van der Waals surface area contributed by atoms with Crippen molar-refractivity contribution in [3.05, 3.63) is 34.4 Å². The zero-order valence-electron chi connectivity index (χ0n) is 18.8. The molecule has 1 spiro atoms. The minimum Gasteiger partial charge on any atom is -0.300 e. The molecule has 2 saturated carbocycles. The molecule has 1 aromatic carbocycles. The predicted octanol–water partition coefficient (Wildman–Crippen LogP) is 5.13. The van der Waals surface area contributed by atoms with Gasteiger partial charge < -0.3 is 0 Å². The maximum absolute atomic E-state index is 13.2. The van der Waals surface area contributed by atoms with Gasteiger partial charge in [0.15, 0.2) is 0 Å². The van der Waals surface area contributed by atoms with Crippen molar-refractivity contribution in [3.8, 4) is 17.9 Å². The van der Waals surface area contributed by atoms with Crippen molar-refractivity contribution in [2.75, 3.05) is 0 Å². The summed E-state index contributed by atoms with van der Waals surface area (Å²) < 4.78 is 0. The van der Waals surface area contributed by atoms with Gasteiger partial charge in [0.2, 0.25) is 0 Å². The molecule has 0 bridgehead atoms. The van der Waals surface area contributed by atoms with Crippen LogP contribution in [0, 0.1) is 48.4 Å². The standard InChI is InChI=1S/C27H31NO3/c1-4-6-21-13-18(2)25(19(3)14-21)26-23(30)16-27(17-24(26)31)10-8-20(9-11-27)15-22(29)7-5-12-28/h13-14,20,26H,5,7-11,15-17H2,1-3H3. The van der Waals surface area contributed by atoms with Crippen LogP contribution in [0.4, 0.5) is 0 Å². The topological polar surface area (TPSA) is 75.0 Å². The highest BCUT2D eigenvalue weighted by atomic mass is 16.2. The number of hydrogen-bond acceptors (Lipinski definition) is 4. The van der Waals surface area contributed by atoms with E-state index in [1.807, 2.05) is 32.0 Å². The van der Waals surface area contributed by atoms with Crippen LogP contribution in [0.25, 0.3) is 0 Å². The molecule has 162 valence electrons. The first-order valence-electron chi connectivity index (χ1n) is 11.3. The van der Waals surface area contributed by atoms with E-state index in [9.17, 15) is 14.4 Å². The number of carbonyl (C=O) groups excluding carboxylic acids is 3. The van der Waals surface area contributed by atoms with Crippen molar-refractivity contribution in [2.24, 2.45) is 11.3 Å². The van der Waals surface area contributed by atoms with E-state index in [1.165, 1.54) is 0 Å². The van der Waals surface area contributed by atoms with Crippen LogP contribution in [0.5, 0.6) is 0 Å². The molecule has 2 fully saturated rings. The average molecular weight is 418 g/mol. The average Bonchev–Trinajstić information content (AvgIpc) is 2.70. The molecule has 0 N–H and O–H groups in total. The number of aryl methyl sites for hydroxylation is 2. The molecular formula is C27H31NO3. The maximum Gasteiger partial charge on any atom is 0.148 e. The lowest BCUT2D eigenvalue weighted by Gasteiger charge is -2.43. The molecule has 0 atom stereocenters. The predicted molar refractivity (Wildman–Crippen MR) is 119 cm³/mol. The molecule has 0 amide bonds. The molecule has 0 aliphatic heterocycles. The Balaban J connectivity index is 1.69. The summed E-state index contributed by atoms with van der Waals surface area (Å²) in [5.74, 6) is 5.86. The van der Waals surface area contributed by atoms with Gasteiger partial charge in [-0.2, -0.15) is 5.26 Å². The van der Waals surface area contributed by atoms with Gasteiger partial charge in [-0.05, 0) is 86.6 Å². The molecule has 2 aliphatic rings. The first-order valence-corrected chi connectivity index (χ1v) is 11.3. The number of Topliss-reactive ketones (excluding diaryl/α,β-unsaturated/α-hetero) is 3. The zero-order valence-corrected chi connectivity index (χ0v) is 18.8. The zero-order chi connectivity index (χ0) is 22.6. The molecule has 0 unspecified atom stereocenters. The number of ketones is 3. The van der Waals surface area contributed by atoms with Crippen molar-refractivity contribution in [3.63, 3.8) is 0 Å². The molecule has 0 heterocycles. The molecule has 0 radical (unpaired) electrons. The number of hydrogen-bond donors (Lipinski definition) is 0. The number of carbonyl (C=O) groups is 3. The maximum atomic E-state index is 13.2. The lowest BCUT2D eigenvalue weighted by Crippen LogP contribution is -2.42. The van der Waals surface area contributed by atoms with Crippen LogP contribution in [0.2, 0.25) is 0 Å². The Hall–Kier alpha value is -2.72. The lowest BCUT2D eigenvalue weighted by atomic mass is 9.59. The highest BCUT2D eigenvalue weighted by Crippen LogP contribution is 2.50. The Kier molecular flexibility index (Phi) is 7.11. The molecular weight excluding hydrogens is 386 g/mol. The van der Waals surface area contributed by atoms with Gasteiger partial charge in [0.25, 0.3) is 0 Å². The minimum atomic E-state index is -0.653. The molecule has 0 aromatic heterocycles. The van der Waals surface area contributed by atoms with Crippen molar-refractivity contribution in [1.82, 2.24) is 0 Å². The van der Waals surface area contributed by atoms with E-state index in [4.69, 9.17) is 5.26 Å². The fourth-order valence-corrected chi connectivity index (χ4v) is 5.62. The van der Waals surface area contributed by atoms with Gasteiger partial charge in [0.05, 0.1) is 6.07 Å². The summed E-state index contributed by atoms with van der Waals surface area (Å²) >= 11 is 0. The molecule has 4 heteroatoms. The van der Waals surface area contributed by atoms with E-state index in [2.05, 4.69) is 11.8 Å². The van der Waals surface area contributed by atoms with Crippen LogP contribution >= 0.6 is 0 Å². The Labute approximate surface area is 185 Å². The van der Waals surface area contributed by atoms with Crippen LogP contribution in [-0.4, -0.2) is 17.3 Å². The van der Waals surface area contributed by atoms with Gasteiger partial charge in [-0.3, -0.25) is 14.4 Å². The summed E-state index contributed by atoms with van der Waals surface area (Å²) in [7, 11) is 0. The fraction of sp³-hybridized carbons (Fsp3) is 0.556. The Morgan fingerprint density at radius 3 is 2.19 bits per heavy atom. The van der Waals surface area contributed by atoms with Crippen molar-refractivity contribution in [1.29, 1.82) is 5.26 Å². The third-order valence-corrected chi connectivity index (χ3v) is 7.09. The van der Waals surface area contributed by atoms with E-state index in [0.717, 1.165) is 47.9 Å². The van der Waals surface area contributed by atoms with Crippen molar-refractivity contribution >= 4 is 17.3 Å². The second-order valence-electron chi connectivity index (χ2n) is 9.46. The Morgan fingerprint density at radius 2 is 1.68 bits per heavy atom. The van der Waals surface area contributed by atoms with Crippen LogP contribution < -0.4 is 0 Å². The summed E-state index contributed by atoms with van der Waals surface area (Å²) in [6.07, 6.45) is 5.46. The van der Waals surface area contributed by atoms with E-state index in [1.54, 1.807) is 6.92 Å². The van der Waals surface area contributed by atoms with Gasteiger partial charge in [0, 0.05) is 37.7 Å². The minimum absolute atomic E-state index is 0.0420. The molecule has 31 heavy (non-hydrogen) atoms. The molecule has 2 aliphatic carbocycles. The van der Waals surface area contributed by atoms with Crippen LogP contribution in [0.15, 0.2) is 12.1 Å². The molecule has 1 aromatic rings. The highest BCUT2D eigenvalue weighted by Gasteiger charge is 2.47. The second-order valence-corrected chi connectivity index (χ2v) is 9.46. The Bertz CT molecular complexity index is 951. The van der Waals surface area contributed by atoms with E-state index < -0.39 is 5.92 Å². The normalized spacial score (nSPS) is 25.6. The summed E-state index contributed by atoms with van der Waals surface area (Å²) in [5.41, 5.74) is 3.46. The molecule has 0 saturated heterocycles. The Morgan fingerprint density at radius 1 is 1.10 bits per heavy atom. The third kappa shape index (κ3) is 5.13. The van der Waals surface area contributed by atoms with Gasteiger partial charge in [-0.25, -0.2) is 0 Å². The van der Waals surface area contributed by atoms with Crippen molar-refractivity contribution in [2.45, 2.75) is 84.5 Å². The first-order chi connectivity index (χ1) is 14.8. The number of nitrogens with zero attached hydrogens (tertiary/aromatic N) is 1. The lowest BCUT2D eigenvalue weighted by molar-refractivity contribution is -0.138. The first kappa shape index (κ1) is 23.0. The molecule has 3 rings (SSSR count). The van der Waals surface area contributed by atoms with E-state index in [-0.39, 0.29) is 29.2 Å². The third-order valence-electron chi connectivity index (χ3n) is 7.09. The largest absolute Gasteiger partial charge is 0.300 e. The number of nitriles is 1. The van der Waals surface area contributed by atoms with Crippen LogP contribution in [0.3, 0.4) is 0 Å². The van der Waals surface area contributed by atoms with Gasteiger partial charge in [-0.15, -0.1) is 5.92 Å². The monoisotopic (exact) mass is 417 g/mol. The van der Waals surface area contributed by atoms with Crippen molar-refractivity contribution < 1.29 is 14.4 Å². The van der Waals surface area contributed by atoms with Gasteiger partial charge in [-0.1, -0.05) is 5.92 Å². The SMILES string of the molecule is CC#Cc1cc(C)c(C2C(=O)CC3(CCC(CC(=O)CCC#N)CC3)CC2=O)c(C)c1. The smallest absolute Gasteiger partial charge is 0.148 e. The summed E-state index contributed by atoms with van der Waals surface area (Å²) in [5, 5.41) is 8.64. The number of rotatable bonds is 5. The van der Waals surface area contributed by atoms with Crippen LogP contribution in [-0.2, 0) is 14.4 Å². The quantitative estimate of drug-likeness (QED) is 0.492. The molecule has 4 nitrogen and oxygen atoms in total. The van der Waals surface area contributed by atoms with E-state index >= 15 is 0 Å². The fourth-order valence-electron chi connectivity index (χ4n) is 5.62. The second kappa shape index (κ2) is 9.61. The van der Waals surface area contributed by atoms with Gasteiger partial charge in [0.1, 0.15) is 23.3 Å². The van der Waals surface area contributed by atoms with Gasteiger partial charge >= 0.3 is 0 Å². The van der Waals surface area contributed by atoms with Crippen LogP contribution in [0.1, 0.15) is 92.9 Å². The van der Waals surface area contributed by atoms with E-state index in [0.29, 0.717) is 31.6 Å².